The van der Waals surface area contributed by atoms with E-state index in [0.717, 1.165) is 50.0 Å². The van der Waals surface area contributed by atoms with Crippen molar-refractivity contribution in [3.8, 4) is 45.6 Å². The maximum atomic E-state index is 5.14. The van der Waals surface area contributed by atoms with Crippen LogP contribution < -0.4 is 11.0 Å². The van der Waals surface area contributed by atoms with Crippen LogP contribution in [0.1, 0.15) is 23.5 Å². The van der Waals surface area contributed by atoms with Gasteiger partial charge >= 0.3 is 0 Å². The quantitative estimate of drug-likeness (QED) is 0.212. The lowest BCUT2D eigenvalue weighted by Gasteiger charge is -2.09. The predicted molar refractivity (Wildman–Crippen MR) is 191 cm³/mol. The fourth-order valence-electron chi connectivity index (χ4n) is 7.26. The summed E-state index contributed by atoms with van der Waals surface area (Å²) in [5.74, 6) is 3.38. The largest absolute Gasteiger partial charge is 0.327 e. The number of aromatic nitrogens is 10. The second kappa shape index (κ2) is 10.3. The van der Waals surface area contributed by atoms with Crippen LogP contribution in [0, 0.1) is 0 Å². The van der Waals surface area contributed by atoms with Crippen molar-refractivity contribution in [3.63, 3.8) is 0 Å². The Labute approximate surface area is 283 Å². The number of hydrogen-bond acceptors (Lipinski definition) is 8. The molecule has 4 aliphatic heterocycles. The fraction of sp³-hybridized carbons (Fsp3) is 0.0500. The molecule has 0 spiro atoms. The van der Waals surface area contributed by atoms with Gasteiger partial charge < -0.3 is 9.97 Å². The summed E-state index contributed by atoms with van der Waals surface area (Å²) in [6.45, 7) is 0. The molecule has 2 aliphatic carbocycles. The van der Waals surface area contributed by atoms with Crippen LogP contribution in [-0.4, -0.2) is 49.8 Å². The third-order valence-corrected chi connectivity index (χ3v) is 9.64. The Hall–Kier alpha value is -6.94. The highest BCUT2D eigenvalue weighted by Gasteiger charge is 2.28. The summed E-state index contributed by atoms with van der Waals surface area (Å²) in [4.78, 5) is 47.6. The number of H-pyrrole nitrogens is 2. The molecule has 0 amide bonds. The van der Waals surface area contributed by atoms with Crippen molar-refractivity contribution in [2.24, 2.45) is 0 Å². The number of nitrogens with one attached hydrogen (secondary N) is 2. The lowest BCUT2D eigenvalue weighted by Crippen LogP contribution is -2.14. The Morgan fingerprint density at radius 3 is 1.62 bits per heavy atom. The van der Waals surface area contributed by atoms with Crippen molar-refractivity contribution in [1.29, 1.82) is 0 Å². The van der Waals surface area contributed by atoms with Gasteiger partial charge in [-0.1, -0.05) is 121 Å². The van der Waals surface area contributed by atoms with Crippen LogP contribution in [0.3, 0.4) is 0 Å². The Morgan fingerprint density at radius 2 is 0.980 bits per heavy atom. The van der Waals surface area contributed by atoms with Gasteiger partial charge in [-0.2, -0.15) is 0 Å². The van der Waals surface area contributed by atoms with Crippen molar-refractivity contribution < 1.29 is 0 Å². The van der Waals surface area contributed by atoms with Crippen molar-refractivity contribution in [2.75, 3.05) is 0 Å². The van der Waals surface area contributed by atoms with E-state index in [1.165, 1.54) is 0 Å². The standard InChI is InChI=1S/C40H24N10/c1-2-12-22-21(11-1)31-41-32(22)47-34-25-15-5-6-16-26(25)36(43-34)49-38-29-19-9-10-20-30(29)40(45-38)50-39-28-18-8-7-17-27(28)37(44-39)48-35-24-14-4-3-13-23(24)33(42-35)46-31/h1-21,24H,(H,41,46)(H,42,43,44,45,47,48,49,50). The minimum absolute atomic E-state index is 0.113. The molecule has 2 aromatic heterocycles. The summed E-state index contributed by atoms with van der Waals surface area (Å²) < 4.78 is 0. The number of rotatable bonds is 0. The normalized spacial score (nSPS) is 17.6. The smallest absolute Gasteiger partial charge is 0.164 e. The van der Waals surface area contributed by atoms with E-state index in [1.54, 1.807) is 0 Å². The van der Waals surface area contributed by atoms with Crippen LogP contribution in [0.5, 0.6) is 0 Å². The highest BCUT2D eigenvalue weighted by Crippen LogP contribution is 2.37. The molecule has 0 radical (unpaired) electrons. The Kier molecular flexibility index (Phi) is 5.56. The average Bonchev–Trinajstić information content (AvgIpc) is 3.96. The molecule has 0 saturated carbocycles. The van der Waals surface area contributed by atoms with Gasteiger partial charge in [-0.25, -0.2) is 39.9 Å². The number of nitrogens with zero attached hydrogens (tertiary/aromatic N) is 8. The summed E-state index contributed by atoms with van der Waals surface area (Å²) in [5, 5.41) is 1.86. The molecule has 6 heterocycles. The Balaban J connectivity index is 1.31. The second-order valence-corrected chi connectivity index (χ2v) is 12.5. The van der Waals surface area contributed by atoms with Gasteiger partial charge in [0.25, 0.3) is 0 Å². The van der Waals surface area contributed by atoms with Gasteiger partial charge in [0.05, 0.1) is 11.8 Å². The van der Waals surface area contributed by atoms with Crippen molar-refractivity contribution in [3.05, 3.63) is 144 Å². The van der Waals surface area contributed by atoms with Crippen LogP contribution >= 0.6 is 0 Å². The van der Waals surface area contributed by atoms with Crippen LogP contribution in [0.2, 0.25) is 0 Å². The lowest BCUT2D eigenvalue weighted by molar-refractivity contribution is 0.914. The summed E-state index contributed by atoms with van der Waals surface area (Å²) in [6.07, 6.45) is 16.5. The number of aromatic amines is 2. The topological polar surface area (TPSA) is 135 Å². The van der Waals surface area contributed by atoms with Gasteiger partial charge in [0, 0.05) is 44.2 Å². The molecule has 234 valence electrons. The summed E-state index contributed by atoms with van der Waals surface area (Å²) in [5.41, 5.74) is 8.21. The molecule has 10 nitrogen and oxygen atoms in total. The van der Waals surface area contributed by atoms with Gasteiger partial charge in [-0.3, -0.25) is 0 Å². The molecule has 3 aromatic carbocycles. The molecule has 50 heavy (non-hydrogen) atoms. The maximum Gasteiger partial charge on any atom is 0.164 e. The van der Waals surface area contributed by atoms with Crippen LogP contribution in [0.25, 0.3) is 78.8 Å². The van der Waals surface area contributed by atoms with E-state index in [4.69, 9.17) is 39.9 Å². The number of fused-ring (bicyclic) bond motifs is 23. The minimum Gasteiger partial charge on any atom is -0.327 e. The highest BCUT2D eigenvalue weighted by atomic mass is 15.1. The highest BCUT2D eigenvalue weighted by molar-refractivity contribution is 6.04. The first-order valence-corrected chi connectivity index (χ1v) is 16.5. The predicted octanol–water partition coefficient (Wildman–Crippen LogP) is 5.79. The van der Waals surface area contributed by atoms with Gasteiger partial charge in [-0.15, -0.1) is 0 Å². The van der Waals surface area contributed by atoms with Crippen molar-refractivity contribution >= 4 is 33.2 Å². The molecule has 0 fully saturated rings. The molecular formula is C40H24N10. The third-order valence-electron chi connectivity index (χ3n) is 9.64. The zero-order valence-corrected chi connectivity index (χ0v) is 26.3. The van der Waals surface area contributed by atoms with E-state index < -0.39 is 0 Å². The third kappa shape index (κ3) is 4.02. The first-order valence-electron chi connectivity index (χ1n) is 16.5. The summed E-state index contributed by atoms with van der Waals surface area (Å²) >= 11 is 0. The van der Waals surface area contributed by atoms with Crippen LogP contribution in [0.15, 0.2) is 121 Å². The maximum absolute atomic E-state index is 5.14. The van der Waals surface area contributed by atoms with Crippen LogP contribution in [0.4, 0.5) is 0 Å². The van der Waals surface area contributed by atoms with E-state index in [2.05, 4.69) is 34.3 Å². The summed E-state index contributed by atoms with van der Waals surface area (Å²) in [7, 11) is 0. The number of allylic oxidation sites excluding steroid dienone is 8. The molecule has 2 unspecified atom stereocenters. The van der Waals surface area contributed by atoms with E-state index >= 15 is 0 Å². The zero-order valence-electron chi connectivity index (χ0n) is 26.3. The van der Waals surface area contributed by atoms with Gasteiger partial charge in [0.1, 0.15) is 28.4 Å². The Morgan fingerprint density at radius 1 is 0.440 bits per heavy atom. The molecule has 10 bridgehead atoms. The van der Waals surface area contributed by atoms with Crippen molar-refractivity contribution in [1.82, 2.24) is 49.8 Å². The molecule has 2 N–H and O–H groups in total. The van der Waals surface area contributed by atoms with Gasteiger partial charge in [-0.05, 0) is 0 Å². The molecular weight excluding hydrogens is 621 g/mol. The van der Waals surface area contributed by atoms with E-state index in [-0.39, 0.29) is 11.8 Å². The minimum atomic E-state index is -0.154. The van der Waals surface area contributed by atoms with Gasteiger partial charge in [0.15, 0.2) is 28.8 Å². The first-order chi connectivity index (χ1) is 24.7. The molecule has 5 aromatic rings. The Bertz CT molecular complexity index is 2910. The van der Waals surface area contributed by atoms with Crippen molar-refractivity contribution in [2.45, 2.75) is 11.8 Å². The first kappa shape index (κ1) is 27.1. The van der Waals surface area contributed by atoms with E-state index in [1.807, 2.05) is 97.1 Å². The van der Waals surface area contributed by atoms with Crippen LogP contribution in [-0.2, 0) is 0 Å². The fourth-order valence-corrected chi connectivity index (χ4v) is 7.26. The van der Waals surface area contributed by atoms with E-state index in [0.29, 0.717) is 51.4 Å². The second-order valence-electron chi connectivity index (χ2n) is 12.5. The molecule has 10 heteroatoms. The lowest BCUT2D eigenvalue weighted by atomic mass is 9.95. The van der Waals surface area contributed by atoms with Gasteiger partial charge in [0.2, 0.25) is 0 Å². The van der Waals surface area contributed by atoms with E-state index in [9.17, 15) is 0 Å². The average molecular weight is 645 g/mol. The molecule has 2 atom stereocenters. The SMILES string of the molecule is C1=CC2=c3nc(nc4nc(nc5[nH]c(nc6nc(nc7[nH]c(n3)C3C=CC=CC=73)-c3ccccc3-6)c3ccccc53)-c3ccccc3-4)C2C=C1. The zero-order chi connectivity index (χ0) is 32.8. The molecule has 11 rings (SSSR count). The molecule has 6 aliphatic rings. The molecule has 0 saturated heterocycles. The number of benzene rings is 3. The summed E-state index contributed by atoms with van der Waals surface area (Å²) in [6, 6.07) is 24.2. The monoisotopic (exact) mass is 644 g/mol. The number of hydrogen-bond donors (Lipinski definition) is 2.